The second-order valence-corrected chi connectivity index (χ2v) is 8.24. The Morgan fingerprint density at radius 3 is 2.62 bits per heavy atom. The molecule has 9 heteroatoms. The number of carbonyl (C=O) groups is 1. The summed E-state index contributed by atoms with van der Waals surface area (Å²) in [6.45, 7) is 6.41. The summed E-state index contributed by atoms with van der Waals surface area (Å²) in [7, 11) is -3.74. The summed E-state index contributed by atoms with van der Waals surface area (Å²) in [5.74, 6) is -0.0933. The van der Waals surface area contributed by atoms with Crippen LogP contribution in [-0.4, -0.2) is 48.6 Å². The Morgan fingerprint density at radius 2 is 2.04 bits per heavy atom. The smallest absolute Gasteiger partial charge is 0.309 e. The molecule has 8 nitrogen and oxygen atoms in total. The molecule has 0 atom stereocenters. The molecule has 0 spiro atoms. The van der Waals surface area contributed by atoms with E-state index in [1.807, 2.05) is 13.8 Å². The normalized spacial score (nSPS) is 16.7. The van der Waals surface area contributed by atoms with Gasteiger partial charge in [-0.05, 0) is 45.7 Å². The van der Waals surface area contributed by atoms with Gasteiger partial charge in [0.05, 0.1) is 12.5 Å². The second kappa shape index (κ2) is 7.24. The maximum absolute atomic E-state index is 12.8. The van der Waals surface area contributed by atoms with E-state index in [4.69, 9.17) is 9.15 Å². The van der Waals surface area contributed by atoms with E-state index in [1.165, 1.54) is 10.4 Å². The number of aromatic nitrogens is 2. The predicted octanol–water partition coefficient (Wildman–Crippen LogP) is 2.25. The second-order valence-electron chi connectivity index (χ2n) is 6.37. The molecule has 1 aliphatic rings. The summed E-state index contributed by atoms with van der Waals surface area (Å²) in [5.41, 5.74) is 2.42. The van der Waals surface area contributed by atoms with Crippen LogP contribution >= 0.6 is 0 Å². The van der Waals surface area contributed by atoms with E-state index in [2.05, 4.69) is 10.2 Å². The van der Waals surface area contributed by atoms with Crippen molar-refractivity contribution in [3.63, 3.8) is 0 Å². The Bertz CT molecular complexity index is 891. The van der Waals surface area contributed by atoms with Crippen molar-refractivity contribution in [1.29, 1.82) is 0 Å². The first-order chi connectivity index (χ1) is 12.3. The predicted molar refractivity (Wildman–Crippen MR) is 93.9 cm³/mol. The Balaban J connectivity index is 1.74. The summed E-state index contributed by atoms with van der Waals surface area (Å²) in [6, 6.07) is 3.06. The van der Waals surface area contributed by atoms with Crippen LogP contribution < -0.4 is 0 Å². The zero-order valence-corrected chi connectivity index (χ0v) is 15.9. The molecule has 0 radical (unpaired) electrons. The van der Waals surface area contributed by atoms with Gasteiger partial charge in [0.25, 0.3) is 10.0 Å². The van der Waals surface area contributed by atoms with Crippen molar-refractivity contribution in [2.24, 2.45) is 5.92 Å². The van der Waals surface area contributed by atoms with Crippen LogP contribution in [0.25, 0.3) is 11.5 Å². The highest BCUT2D eigenvalue weighted by Gasteiger charge is 2.34. The van der Waals surface area contributed by atoms with Gasteiger partial charge < -0.3 is 9.15 Å². The maximum Gasteiger partial charge on any atom is 0.309 e. The molecule has 2 aromatic rings. The quantitative estimate of drug-likeness (QED) is 0.797. The maximum atomic E-state index is 12.8. The van der Waals surface area contributed by atoms with Crippen molar-refractivity contribution in [3.05, 3.63) is 23.4 Å². The van der Waals surface area contributed by atoms with Crippen LogP contribution in [0.2, 0.25) is 0 Å². The van der Waals surface area contributed by atoms with Gasteiger partial charge in [0.15, 0.2) is 5.76 Å². The minimum Gasteiger partial charge on any atom is -0.466 e. The zero-order chi connectivity index (χ0) is 18.9. The third-order valence-corrected chi connectivity index (χ3v) is 6.51. The van der Waals surface area contributed by atoms with Crippen molar-refractivity contribution in [2.45, 2.75) is 38.7 Å². The summed E-state index contributed by atoms with van der Waals surface area (Å²) in [6.07, 6.45) is 0.895. The molecule has 1 aliphatic heterocycles. The van der Waals surface area contributed by atoms with Crippen molar-refractivity contribution in [1.82, 2.24) is 14.5 Å². The number of hydrogen-bond acceptors (Lipinski definition) is 6. The number of hydrogen-bond donors (Lipinski definition) is 1. The number of aryl methyl sites for hydroxylation is 1. The molecule has 0 unspecified atom stereocenters. The van der Waals surface area contributed by atoms with E-state index in [9.17, 15) is 13.2 Å². The van der Waals surface area contributed by atoms with Crippen LogP contribution in [0.5, 0.6) is 0 Å². The number of nitrogens with one attached hydrogen (secondary N) is 1. The van der Waals surface area contributed by atoms with Crippen LogP contribution in [0.3, 0.4) is 0 Å². The SMILES string of the molecule is CCOC(=O)C1CCN(S(=O)(=O)c2ccc(-c3n[nH]c(C)c3C)o2)CC1. The van der Waals surface area contributed by atoms with E-state index in [-0.39, 0.29) is 30.1 Å². The highest BCUT2D eigenvalue weighted by atomic mass is 32.2. The summed E-state index contributed by atoms with van der Waals surface area (Å²) < 4.78 is 37.6. The van der Waals surface area contributed by atoms with E-state index >= 15 is 0 Å². The van der Waals surface area contributed by atoms with Gasteiger partial charge in [-0.1, -0.05) is 0 Å². The monoisotopic (exact) mass is 381 g/mol. The molecular weight excluding hydrogens is 358 g/mol. The molecule has 0 bridgehead atoms. The Labute approximate surface area is 152 Å². The lowest BCUT2D eigenvalue weighted by molar-refractivity contribution is -0.149. The molecule has 0 saturated carbocycles. The fourth-order valence-corrected chi connectivity index (χ4v) is 4.41. The Kier molecular flexibility index (Phi) is 5.19. The largest absolute Gasteiger partial charge is 0.466 e. The van der Waals surface area contributed by atoms with Crippen molar-refractivity contribution in [3.8, 4) is 11.5 Å². The number of piperidine rings is 1. The third-order valence-electron chi connectivity index (χ3n) is 4.74. The van der Waals surface area contributed by atoms with Gasteiger partial charge in [-0.25, -0.2) is 8.42 Å². The molecule has 3 heterocycles. The molecule has 0 aliphatic carbocycles. The molecular formula is C17H23N3O5S. The highest BCUT2D eigenvalue weighted by molar-refractivity contribution is 7.89. The Hall–Kier alpha value is -2.13. The topological polar surface area (TPSA) is 105 Å². The number of nitrogens with zero attached hydrogens (tertiary/aromatic N) is 2. The Morgan fingerprint density at radius 1 is 1.35 bits per heavy atom. The first kappa shape index (κ1) is 18.7. The van der Waals surface area contributed by atoms with Gasteiger partial charge in [0, 0.05) is 24.3 Å². The summed E-state index contributed by atoms with van der Waals surface area (Å²) in [4.78, 5) is 11.8. The molecule has 1 fully saturated rings. The van der Waals surface area contributed by atoms with E-state index < -0.39 is 10.0 Å². The number of aromatic amines is 1. The molecule has 1 N–H and O–H groups in total. The van der Waals surface area contributed by atoms with E-state index in [1.54, 1.807) is 13.0 Å². The van der Waals surface area contributed by atoms with Gasteiger partial charge in [-0.3, -0.25) is 9.89 Å². The number of furan rings is 1. The van der Waals surface area contributed by atoms with Crippen molar-refractivity contribution in [2.75, 3.05) is 19.7 Å². The van der Waals surface area contributed by atoms with Crippen molar-refractivity contribution < 1.29 is 22.4 Å². The van der Waals surface area contributed by atoms with Gasteiger partial charge in [-0.15, -0.1) is 0 Å². The van der Waals surface area contributed by atoms with E-state index in [0.29, 0.717) is 30.9 Å². The summed E-state index contributed by atoms with van der Waals surface area (Å²) >= 11 is 0. The molecule has 0 amide bonds. The van der Waals surface area contributed by atoms with Gasteiger partial charge in [-0.2, -0.15) is 9.40 Å². The molecule has 2 aromatic heterocycles. The first-order valence-corrected chi connectivity index (χ1v) is 10.1. The minimum atomic E-state index is -3.74. The first-order valence-electron chi connectivity index (χ1n) is 8.63. The van der Waals surface area contributed by atoms with Gasteiger partial charge >= 0.3 is 5.97 Å². The average molecular weight is 381 g/mol. The van der Waals surface area contributed by atoms with Crippen LogP contribution in [0, 0.1) is 19.8 Å². The van der Waals surface area contributed by atoms with Gasteiger partial charge in [0.1, 0.15) is 5.69 Å². The molecule has 3 rings (SSSR count). The van der Waals surface area contributed by atoms with Crippen LogP contribution in [0.1, 0.15) is 31.0 Å². The molecule has 26 heavy (non-hydrogen) atoms. The average Bonchev–Trinajstić information content (AvgIpc) is 3.23. The molecule has 1 saturated heterocycles. The van der Waals surface area contributed by atoms with Crippen LogP contribution in [0.15, 0.2) is 21.6 Å². The summed E-state index contributed by atoms with van der Waals surface area (Å²) in [5, 5.41) is 6.91. The third kappa shape index (κ3) is 3.41. The lowest BCUT2D eigenvalue weighted by Gasteiger charge is -2.29. The fraction of sp³-hybridized carbons (Fsp3) is 0.529. The molecule has 0 aromatic carbocycles. The number of carbonyl (C=O) groups excluding carboxylic acids is 1. The number of sulfonamides is 1. The lowest BCUT2D eigenvalue weighted by Crippen LogP contribution is -2.40. The van der Waals surface area contributed by atoms with Crippen LogP contribution in [0.4, 0.5) is 0 Å². The lowest BCUT2D eigenvalue weighted by atomic mass is 9.98. The van der Waals surface area contributed by atoms with Gasteiger partial charge in [0.2, 0.25) is 5.09 Å². The van der Waals surface area contributed by atoms with Crippen molar-refractivity contribution >= 4 is 16.0 Å². The standard InChI is InChI=1S/C17H23N3O5S/c1-4-24-17(21)13-7-9-20(10-8-13)26(22,23)15-6-5-14(25-15)16-11(2)12(3)18-19-16/h5-6,13H,4,7-10H2,1-3H3,(H,18,19). The van der Waals surface area contributed by atoms with Crippen LogP contribution in [-0.2, 0) is 19.6 Å². The fourth-order valence-electron chi connectivity index (χ4n) is 3.03. The highest BCUT2D eigenvalue weighted by Crippen LogP contribution is 2.30. The minimum absolute atomic E-state index is 0.109. The number of H-pyrrole nitrogens is 1. The number of rotatable bonds is 5. The number of ether oxygens (including phenoxy) is 1. The number of esters is 1. The van der Waals surface area contributed by atoms with E-state index in [0.717, 1.165) is 11.3 Å². The zero-order valence-electron chi connectivity index (χ0n) is 15.1. The molecule has 142 valence electrons.